The van der Waals surface area contributed by atoms with Crippen molar-refractivity contribution in [2.45, 2.75) is 77.9 Å². The van der Waals surface area contributed by atoms with E-state index in [1.54, 1.807) is 15.9 Å². The summed E-state index contributed by atoms with van der Waals surface area (Å²) in [6.07, 6.45) is 0. The van der Waals surface area contributed by atoms with Crippen molar-refractivity contribution in [2.24, 2.45) is 5.92 Å². The van der Waals surface area contributed by atoms with Gasteiger partial charge in [0.05, 0.1) is 10.6 Å². The smallest absolute Gasteiger partial charge is 0.263 e. The van der Waals surface area contributed by atoms with Gasteiger partial charge < -0.3 is 5.32 Å². The van der Waals surface area contributed by atoms with Crippen LogP contribution in [-0.2, 0) is 11.3 Å². The number of nitrogens with one attached hydrogen (secondary N) is 1. The third-order valence-corrected chi connectivity index (χ3v) is 6.14. The van der Waals surface area contributed by atoms with E-state index in [9.17, 15) is 9.59 Å². The van der Waals surface area contributed by atoms with Crippen LogP contribution in [0.3, 0.4) is 0 Å². The number of aromatic nitrogens is 2. The van der Waals surface area contributed by atoms with Crippen LogP contribution in [0, 0.1) is 19.8 Å². The summed E-state index contributed by atoms with van der Waals surface area (Å²) in [7, 11) is 0. The van der Waals surface area contributed by atoms with Gasteiger partial charge in [-0.05, 0) is 53.0 Å². The van der Waals surface area contributed by atoms with Crippen molar-refractivity contribution in [2.75, 3.05) is 0 Å². The Hall–Kier alpha value is -1.34. The van der Waals surface area contributed by atoms with Gasteiger partial charge in [0.1, 0.15) is 4.83 Å². The second-order valence-electron chi connectivity index (χ2n) is 8.17. The molecule has 0 spiro atoms. The summed E-state index contributed by atoms with van der Waals surface area (Å²) in [5.41, 5.74) is 0.717. The van der Waals surface area contributed by atoms with E-state index in [0.717, 1.165) is 15.3 Å². The fourth-order valence-electron chi connectivity index (χ4n) is 2.61. The lowest BCUT2D eigenvalue weighted by Crippen LogP contribution is -2.44. The van der Waals surface area contributed by atoms with E-state index >= 15 is 0 Å². The van der Waals surface area contributed by atoms with E-state index < -0.39 is 0 Å². The number of thiophene rings is 1. The fraction of sp³-hybridized carbons (Fsp3) is 0.632. The molecule has 1 N–H and O–H groups in total. The summed E-state index contributed by atoms with van der Waals surface area (Å²) < 4.78 is 1.73. The Bertz CT molecular complexity index is 876. The molecule has 1 amide bonds. The molecule has 0 unspecified atom stereocenters. The van der Waals surface area contributed by atoms with Gasteiger partial charge in [-0.25, -0.2) is 4.98 Å². The van der Waals surface area contributed by atoms with Crippen molar-refractivity contribution in [3.8, 4) is 0 Å². The van der Waals surface area contributed by atoms with Crippen LogP contribution in [0.15, 0.2) is 9.95 Å². The van der Waals surface area contributed by atoms with Crippen molar-refractivity contribution < 1.29 is 4.79 Å². The second kappa shape index (κ2) is 7.72. The maximum Gasteiger partial charge on any atom is 0.263 e. The van der Waals surface area contributed by atoms with E-state index in [1.165, 1.54) is 11.8 Å². The number of aryl methyl sites for hydroxylation is 2. The third-order valence-electron chi connectivity index (χ3n) is 3.95. The van der Waals surface area contributed by atoms with Gasteiger partial charge in [-0.3, -0.25) is 14.2 Å². The average molecular weight is 396 g/mol. The van der Waals surface area contributed by atoms with Gasteiger partial charge >= 0.3 is 0 Å². The lowest BCUT2D eigenvalue weighted by molar-refractivity contribution is -0.121. The third kappa shape index (κ3) is 4.68. The molecule has 0 saturated carbocycles. The number of amides is 1. The van der Waals surface area contributed by atoms with E-state index in [-0.39, 0.29) is 22.3 Å². The van der Waals surface area contributed by atoms with E-state index in [4.69, 9.17) is 4.98 Å². The Kier molecular flexibility index (Phi) is 6.23. The number of thioether (sulfide) groups is 1. The van der Waals surface area contributed by atoms with E-state index in [1.807, 2.05) is 41.5 Å². The van der Waals surface area contributed by atoms with Crippen LogP contribution in [-0.4, -0.2) is 26.2 Å². The first kappa shape index (κ1) is 21.0. The molecule has 2 rings (SSSR count). The Morgan fingerprint density at radius 2 is 1.88 bits per heavy atom. The molecule has 0 radical (unpaired) electrons. The van der Waals surface area contributed by atoms with Crippen LogP contribution in [0.5, 0.6) is 0 Å². The minimum atomic E-state index is -0.334. The molecule has 144 valence electrons. The molecular weight excluding hydrogens is 366 g/mol. The predicted octanol–water partition coefficient (Wildman–Crippen LogP) is 4.13. The zero-order valence-electron chi connectivity index (χ0n) is 16.9. The van der Waals surface area contributed by atoms with Crippen LogP contribution in [0.2, 0.25) is 0 Å². The quantitative estimate of drug-likeness (QED) is 0.611. The fourth-order valence-corrected chi connectivity index (χ4v) is 4.60. The maximum atomic E-state index is 13.1. The largest absolute Gasteiger partial charge is 0.351 e. The molecule has 0 fully saturated rings. The molecule has 0 aromatic carbocycles. The highest BCUT2D eigenvalue weighted by Crippen LogP contribution is 2.30. The average Bonchev–Trinajstić information content (AvgIpc) is 2.76. The molecule has 0 aliphatic heterocycles. The molecule has 0 aliphatic rings. The van der Waals surface area contributed by atoms with Gasteiger partial charge in [-0.15, -0.1) is 11.3 Å². The van der Waals surface area contributed by atoms with Gasteiger partial charge in [0.25, 0.3) is 5.56 Å². The highest BCUT2D eigenvalue weighted by molar-refractivity contribution is 8.00. The molecule has 1 atom stereocenters. The molecule has 5 nitrogen and oxygen atoms in total. The van der Waals surface area contributed by atoms with Crippen molar-refractivity contribution in [1.82, 2.24) is 14.9 Å². The number of nitrogens with zero attached hydrogens (tertiary/aromatic N) is 2. The van der Waals surface area contributed by atoms with Gasteiger partial charge in [-0.1, -0.05) is 25.6 Å². The molecule has 2 heterocycles. The molecule has 0 bridgehead atoms. The molecular formula is C19H29N3O2S2. The molecule has 26 heavy (non-hydrogen) atoms. The number of rotatable bonds is 5. The predicted molar refractivity (Wildman–Crippen MR) is 111 cm³/mol. The number of carbonyl (C=O) groups excluding carboxylic acids is 1. The number of fused-ring (bicyclic) bond motifs is 1. The molecule has 7 heteroatoms. The normalized spacial score (nSPS) is 13.4. The zero-order valence-corrected chi connectivity index (χ0v) is 18.5. The Balaban J connectivity index is 2.48. The molecule has 0 saturated heterocycles. The summed E-state index contributed by atoms with van der Waals surface area (Å²) in [6, 6.07) is 0. The topological polar surface area (TPSA) is 64.0 Å². The van der Waals surface area contributed by atoms with Crippen molar-refractivity contribution in [3.63, 3.8) is 0 Å². The lowest BCUT2D eigenvalue weighted by Gasteiger charge is -2.23. The summed E-state index contributed by atoms with van der Waals surface area (Å²) >= 11 is 2.89. The minimum absolute atomic E-state index is 0.00326. The van der Waals surface area contributed by atoms with Crippen LogP contribution in [0.4, 0.5) is 0 Å². The summed E-state index contributed by atoms with van der Waals surface area (Å²) in [5.74, 6) is 0.261. The second-order valence-corrected chi connectivity index (χ2v) is 10.7. The van der Waals surface area contributed by atoms with Gasteiger partial charge in [0.15, 0.2) is 5.16 Å². The van der Waals surface area contributed by atoms with Crippen molar-refractivity contribution >= 4 is 39.2 Å². The first-order chi connectivity index (χ1) is 11.9. The van der Waals surface area contributed by atoms with Crippen LogP contribution in [0.25, 0.3) is 10.2 Å². The SMILES string of the molecule is Cc1sc2nc(S[C@@H](C)C(=O)NC(C)(C)C)n(CC(C)C)c(=O)c2c1C. The lowest BCUT2D eigenvalue weighted by atomic mass is 10.1. The molecule has 2 aromatic heterocycles. The molecule has 2 aromatic rings. The van der Waals surface area contributed by atoms with Crippen LogP contribution in [0.1, 0.15) is 52.0 Å². The van der Waals surface area contributed by atoms with E-state index in [2.05, 4.69) is 19.2 Å². The number of carbonyl (C=O) groups is 1. The standard InChI is InChI=1S/C19H29N3O2S2/c1-10(2)9-22-17(24)14-11(3)12(4)25-16(14)20-18(22)26-13(5)15(23)21-19(6,7)8/h10,13H,9H2,1-8H3,(H,21,23)/t13-/m0/s1. The Labute approximate surface area is 163 Å². The van der Waals surface area contributed by atoms with Crippen molar-refractivity contribution in [1.29, 1.82) is 0 Å². The number of hydrogen-bond acceptors (Lipinski definition) is 5. The first-order valence-corrected chi connectivity index (χ1v) is 10.6. The summed E-state index contributed by atoms with van der Waals surface area (Å²) in [5, 5.41) is 3.99. The Morgan fingerprint density at radius 3 is 2.42 bits per heavy atom. The molecule has 0 aliphatic carbocycles. The zero-order chi connectivity index (χ0) is 19.8. The Morgan fingerprint density at radius 1 is 1.27 bits per heavy atom. The maximum absolute atomic E-state index is 13.1. The van der Waals surface area contributed by atoms with Crippen molar-refractivity contribution in [3.05, 3.63) is 20.8 Å². The monoisotopic (exact) mass is 395 g/mol. The highest BCUT2D eigenvalue weighted by Gasteiger charge is 2.24. The van der Waals surface area contributed by atoms with Gasteiger partial charge in [0, 0.05) is 17.0 Å². The van der Waals surface area contributed by atoms with E-state index in [0.29, 0.717) is 23.0 Å². The van der Waals surface area contributed by atoms with Gasteiger partial charge in [-0.2, -0.15) is 0 Å². The number of hydrogen-bond donors (Lipinski definition) is 1. The highest BCUT2D eigenvalue weighted by atomic mass is 32.2. The summed E-state index contributed by atoms with van der Waals surface area (Å²) in [6.45, 7) is 16.5. The first-order valence-electron chi connectivity index (χ1n) is 8.90. The summed E-state index contributed by atoms with van der Waals surface area (Å²) in [4.78, 5) is 32.2. The van der Waals surface area contributed by atoms with Crippen LogP contribution >= 0.6 is 23.1 Å². The van der Waals surface area contributed by atoms with Crippen LogP contribution < -0.4 is 10.9 Å². The minimum Gasteiger partial charge on any atom is -0.351 e. The van der Waals surface area contributed by atoms with Gasteiger partial charge in [0.2, 0.25) is 5.91 Å².